The smallest absolute Gasteiger partial charge is 0.315 e. The molecule has 1 heterocycles. The zero-order valence-corrected chi connectivity index (χ0v) is 14.7. The van der Waals surface area contributed by atoms with Gasteiger partial charge in [0.25, 0.3) is 0 Å². The van der Waals surface area contributed by atoms with Gasteiger partial charge in [0.2, 0.25) is 0 Å². The highest BCUT2D eigenvalue weighted by molar-refractivity contribution is 5.73. The van der Waals surface area contributed by atoms with E-state index in [1.54, 1.807) is 25.4 Å². The van der Waals surface area contributed by atoms with Gasteiger partial charge in [0.15, 0.2) is 0 Å². The van der Waals surface area contributed by atoms with Gasteiger partial charge >= 0.3 is 6.03 Å². The highest BCUT2D eigenvalue weighted by Crippen LogP contribution is 2.23. The molecular formula is C18H24N4O3. The van der Waals surface area contributed by atoms with E-state index >= 15 is 0 Å². The highest BCUT2D eigenvalue weighted by atomic mass is 16.5. The topological polar surface area (TPSA) is 86.7 Å². The maximum atomic E-state index is 11.9. The largest absolute Gasteiger partial charge is 0.496 e. The quantitative estimate of drug-likeness (QED) is 0.711. The SMILES string of the molecule is COc1ccccc1[C@@H](O)CNC(=O)NCc1ccnc(N(C)C)c1. The lowest BCUT2D eigenvalue weighted by molar-refractivity contribution is 0.169. The highest BCUT2D eigenvalue weighted by Gasteiger charge is 2.13. The third-order valence-corrected chi connectivity index (χ3v) is 3.68. The Kier molecular flexibility index (Phi) is 6.59. The van der Waals surface area contributed by atoms with Crippen LogP contribution in [0.4, 0.5) is 10.6 Å². The van der Waals surface area contributed by atoms with E-state index in [1.165, 1.54) is 0 Å². The van der Waals surface area contributed by atoms with Crippen molar-refractivity contribution in [2.75, 3.05) is 32.6 Å². The Morgan fingerprint density at radius 2 is 2.04 bits per heavy atom. The molecule has 1 atom stereocenters. The molecule has 0 saturated carbocycles. The van der Waals surface area contributed by atoms with Gasteiger partial charge < -0.3 is 25.4 Å². The number of benzene rings is 1. The van der Waals surface area contributed by atoms with Gasteiger partial charge in [0.05, 0.1) is 13.2 Å². The third kappa shape index (κ3) is 5.36. The van der Waals surface area contributed by atoms with Gasteiger partial charge in [-0.15, -0.1) is 0 Å². The van der Waals surface area contributed by atoms with Crippen molar-refractivity contribution in [2.45, 2.75) is 12.6 Å². The number of nitrogens with one attached hydrogen (secondary N) is 2. The summed E-state index contributed by atoms with van der Waals surface area (Å²) < 4.78 is 5.21. The number of aliphatic hydroxyl groups is 1. The van der Waals surface area contributed by atoms with Crippen LogP contribution in [0.5, 0.6) is 5.75 Å². The lowest BCUT2D eigenvalue weighted by Gasteiger charge is -2.16. The Balaban J connectivity index is 1.83. The second kappa shape index (κ2) is 8.89. The number of carbonyl (C=O) groups is 1. The van der Waals surface area contributed by atoms with Crippen LogP contribution in [0.2, 0.25) is 0 Å². The Bertz CT molecular complexity index is 706. The molecule has 0 aliphatic carbocycles. The maximum absolute atomic E-state index is 11.9. The molecule has 2 aromatic rings. The number of rotatable bonds is 7. The van der Waals surface area contributed by atoms with Gasteiger partial charge in [-0.05, 0) is 23.8 Å². The normalized spacial score (nSPS) is 11.5. The van der Waals surface area contributed by atoms with Crippen LogP contribution in [0.3, 0.4) is 0 Å². The number of aromatic nitrogens is 1. The minimum absolute atomic E-state index is 0.0888. The molecular weight excluding hydrogens is 320 g/mol. The molecule has 1 aromatic carbocycles. The number of hydrogen-bond donors (Lipinski definition) is 3. The van der Waals surface area contributed by atoms with E-state index in [4.69, 9.17) is 4.74 Å². The molecule has 0 bridgehead atoms. The first-order valence-electron chi connectivity index (χ1n) is 7.96. The van der Waals surface area contributed by atoms with Gasteiger partial charge in [-0.3, -0.25) is 0 Å². The number of para-hydroxylation sites is 1. The predicted molar refractivity (Wildman–Crippen MR) is 96.8 cm³/mol. The molecule has 0 aliphatic heterocycles. The number of methoxy groups -OCH3 is 1. The van der Waals surface area contributed by atoms with Gasteiger partial charge in [-0.25, -0.2) is 9.78 Å². The molecule has 0 radical (unpaired) electrons. The number of anilines is 1. The molecule has 134 valence electrons. The first-order chi connectivity index (χ1) is 12.0. The van der Waals surface area contributed by atoms with Gasteiger partial charge in [0.1, 0.15) is 11.6 Å². The fourth-order valence-electron chi connectivity index (χ4n) is 2.30. The summed E-state index contributed by atoms with van der Waals surface area (Å²) in [6.07, 6.45) is 0.860. The Labute approximate surface area is 147 Å². The van der Waals surface area contributed by atoms with E-state index in [1.807, 2.05) is 43.3 Å². The number of ether oxygens (including phenoxy) is 1. The van der Waals surface area contributed by atoms with Gasteiger partial charge in [0, 0.05) is 38.9 Å². The molecule has 7 heteroatoms. The van der Waals surface area contributed by atoms with E-state index in [0.29, 0.717) is 17.9 Å². The zero-order chi connectivity index (χ0) is 18.2. The molecule has 3 N–H and O–H groups in total. The maximum Gasteiger partial charge on any atom is 0.315 e. The van der Waals surface area contributed by atoms with Crippen molar-refractivity contribution in [1.82, 2.24) is 15.6 Å². The van der Waals surface area contributed by atoms with Crippen molar-refractivity contribution < 1.29 is 14.6 Å². The first-order valence-corrected chi connectivity index (χ1v) is 7.96. The van der Waals surface area contributed by atoms with E-state index in [-0.39, 0.29) is 12.6 Å². The van der Waals surface area contributed by atoms with Crippen LogP contribution >= 0.6 is 0 Å². The molecule has 2 rings (SSSR count). The van der Waals surface area contributed by atoms with Crippen LogP contribution in [0.25, 0.3) is 0 Å². The second-order valence-corrected chi connectivity index (χ2v) is 5.74. The monoisotopic (exact) mass is 344 g/mol. The lowest BCUT2D eigenvalue weighted by atomic mass is 10.1. The summed E-state index contributed by atoms with van der Waals surface area (Å²) in [5, 5.41) is 15.6. The van der Waals surface area contributed by atoms with Crippen molar-refractivity contribution >= 4 is 11.8 Å². The fraction of sp³-hybridized carbons (Fsp3) is 0.333. The minimum atomic E-state index is -0.844. The molecule has 2 amide bonds. The second-order valence-electron chi connectivity index (χ2n) is 5.74. The van der Waals surface area contributed by atoms with Crippen LogP contribution < -0.4 is 20.3 Å². The van der Waals surface area contributed by atoms with Crippen LogP contribution in [-0.2, 0) is 6.54 Å². The average molecular weight is 344 g/mol. The number of amides is 2. The number of nitrogens with zero attached hydrogens (tertiary/aromatic N) is 2. The molecule has 7 nitrogen and oxygen atoms in total. The number of urea groups is 1. The lowest BCUT2D eigenvalue weighted by Crippen LogP contribution is -2.37. The summed E-state index contributed by atoms with van der Waals surface area (Å²) in [5.41, 5.74) is 1.58. The van der Waals surface area contributed by atoms with Crippen molar-refractivity contribution in [1.29, 1.82) is 0 Å². The molecule has 1 aromatic heterocycles. The van der Waals surface area contributed by atoms with Crippen LogP contribution in [-0.4, -0.2) is 43.9 Å². The minimum Gasteiger partial charge on any atom is -0.496 e. The first kappa shape index (κ1) is 18.5. The molecule has 25 heavy (non-hydrogen) atoms. The molecule has 0 spiro atoms. The number of pyridine rings is 1. The summed E-state index contributed by atoms with van der Waals surface area (Å²) in [6.45, 7) is 0.464. The van der Waals surface area contributed by atoms with Crippen LogP contribution in [0, 0.1) is 0 Å². The third-order valence-electron chi connectivity index (χ3n) is 3.68. The van der Waals surface area contributed by atoms with Crippen LogP contribution in [0.1, 0.15) is 17.2 Å². The summed E-state index contributed by atoms with van der Waals surface area (Å²) in [7, 11) is 5.36. The van der Waals surface area contributed by atoms with Crippen molar-refractivity contribution in [3.8, 4) is 5.75 Å². The van der Waals surface area contributed by atoms with E-state index in [2.05, 4.69) is 15.6 Å². The summed E-state index contributed by atoms with van der Waals surface area (Å²) in [5.74, 6) is 1.41. The summed E-state index contributed by atoms with van der Waals surface area (Å²) in [6, 6.07) is 10.6. The number of hydrogen-bond acceptors (Lipinski definition) is 5. The fourth-order valence-corrected chi connectivity index (χ4v) is 2.30. The molecule has 0 unspecified atom stereocenters. The van der Waals surface area contributed by atoms with Crippen LogP contribution in [0.15, 0.2) is 42.6 Å². The average Bonchev–Trinajstić information content (AvgIpc) is 2.64. The molecule has 0 aliphatic rings. The van der Waals surface area contributed by atoms with Gasteiger partial charge in [-0.1, -0.05) is 18.2 Å². The summed E-state index contributed by atoms with van der Waals surface area (Å²) >= 11 is 0. The van der Waals surface area contributed by atoms with Crippen molar-refractivity contribution in [2.24, 2.45) is 0 Å². The number of carbonyl (C=O) groups excluding carboxylic acids is 1. The Morgan fingerprint density at radius 3 is 2.76 bits per heavy atom. The Hall–Kier alpha value is -2.80. The predicted octanol–water partition coefficient (Wildman–Crippen LogP) is 1.69. The van der Waals surface area contributed by atoms with Crippen molar-refractivity contribution in [3.63, 3.8) is 0 Å². The Morgan fingerprint density at radius 1 is 1.28 bits per heavy atom. The van der Waals surface area contributed by atoms with Gasteiger partial charge in [-0.2, -0.15) is 0 Å². The standard InChI is InChI=1S/C18H24N4O3/c1-22(2)17-10-13(8-9-19-17)11-20-18(24)21-12-15(23)14-6-4-5-7-16(14)25-3/h4-10,15,23H,11-12H2,1-3H3,(H2,20,21,24)/t15-/m0/s1. The summed E-state index contributed by atoms with van der Waals surface area (Å²) in [4.78, 5) is 18.1. The molecule has 0 fully saturated rings. The van der Waals surface area contributed by atoms with E-state index < -0.39 is 6.10 Å². The zero-order valence-electron chi connectivity index (χ0n) is 14.7. The van der Waals surface area contributed by atoms with E-state index in [9.17, 15) is 9.90 Å². The molecule has 0 saturated heterocycles. The van der Waals surface area contributed by atoms with E-state index in [0.717, 1.165) is 11.4 Å². The van der Waals surface area contributed by atoms with Crippen molar-refractivity contribution in [3.05, 3.63) is 53.7 Å². The number of aliphatic hydroxyl groups excluding tert-OH is 1.